The van der Waals surface area contributed by atoms with Crippen LogP contribution in [0.2, 0.25) is 0 Å². The first-order valence-corrected chi connectivity index (χ1v) is 5.74. The first-order valence-electron chi connectivity index (χ1n) is 6.02. The molecule has 0 N–H and O–H groups in total. The van der Waals surface area contributed by atoms with Gasteiger partial charge in [0.2, 0.25) is 0 Å². The van der Waals surface area contributed by atoms with Crippen LogP contribution >= 0.6 is 10.5 Å². The molecule has 0 bridgehead atoms. The molecule has 1 heterocycles. The summed E-state index contributed by atoms with van der Waals surface area (Å²) in [4.78, 5) is 0. The molecule has 0 saturated heterocycles. The highest BCUT2D eigenvalue weighted by atomic mass is 32.2. The van der Waals surface area contributed by atoms with Crippen molar-refractivity contribution in [2.45, 2.75) is 0 Å². The average molecular weight is 202 g/mol. The fourth-order valence-electron chi connectivity index (χ4n) is 1.85. The first kappa shape index (κ1) is 5.52. The van der Waals surface area contributed by atoms with Gasteiger partial charge in [0.15, 0.2) is 9.40 Å². The number of hydrogen-bond acceptors (Lipinski definition) is 0. The van der Waals surface area contributed by atoms with Crippen molar-refractivity contribution in [1.29, 1.82) is 0 Å². The van der Waals surface area contributed by atoms with E-state index in [0.717, 1.165) is 20.2 Å². The van der Waals surface area contributed by atoms with Crippen LogP contribution in [0.5, 0.6) is 0 Å². The van der Waals surface area contributed by atoms with E-state index in [9.17, 15) is 0 Å². The van der Waals surface area contributed by atoms with Crippen molar-refractivity contribution in [2.75, 3.05) is 0 Å². The molecule has 0 aliphatic carbocycles. The van der Waals surface area contributed by atoms with E-state index in [1.165, 1.54) is 0 Å². The zero-order chi connectivity index (χ0) is 12.0. The minimum atomic E-state index is -1.96. The van der Waals surface area contributed by atoms with Crippen LogP contribution in [-0.2, 0) is 6.18 Å². The summed E-state index contributed by atoms with van der Waals surface area (Å²) >= 11 is 0. The molecule has 0 nitrogen and oxygen atoms in total. The molecule has 3 aromatic rings. The van der Waals surface area contributed by atoms with Gasteiger partial charge in [-0.3, -0.25) is 0 Å². The second kappa shape index (κ2) is 2.82. The van der Waals surface area contributed by atoms with Crippen molar-refractivity contribution >= 4 is 30.6 Å². The Morgan fingerprint density at radius 2 is 1.36 bits per heavy atom. The van der Waals surface area contributed by atoms with Gasteiger partial charge in [0.1, 0.15) is 6.18 Å². The van der Waals surface area contributed by atoms with E-state index in [1.807, 2.05) is 48.5 Å². The number of thiophene rings is 1. The molecular weight excluding hydrogens is 188 g/mol. The summed E-state index contributed by atoms with van der Waals surface area (Å²) in [5.41, 5.74) is 0. The van der Waals surface area contributed by atoms with E-state index in [1.54, 1.807) is 0 Å². The maximum atomic E-state index is 7.74. The minimum Gasteiger partial charge on any atom is -0.0612 e. The third-order valence-corrected chi connectivity index (χ3v) is 4.10. The fraction of sp³-hybridized carbons (Fsp3) is 0.0769. The van der Waals surface area contributed by atoms with Gasteiger partial charge in [-0.25, -0.2) is 0 Å². The summed E-state index contributed by atoms with van der Waals surface area (Å²) in [6, 6.07) is 15.6. The van der Waals surface area contributed by atoms with E-state index in [4.69, 9.17) is 4.11 Å². The summed E-state index contributed by atoms with van der Waals surface area (Å²) in [6.45, 7) is 0. The molecule has 0 saturated carbocycles. The molecule has 0 spiro atoms. The van der Waals surface area contributed by atoms with Crippen LogP contribution in [0.25, 0.3) is 20.2 Å². The van der Waals surface area contributed by atoms with Crippen LogP contribution in [-0.4, -0.2) is 0 Å². The predicted octanol–water partition coefficient (Wildman–Crippen LogP) is 4.28. The summed E-state index contributed by atoms with van der Waals surface area (Å²) < 4.78 is 25.1. The lowest BCUT2D eigenvalue weighted by Crippen LogP contribution is -1.62. The lowest BCUT2D eigenvalue weighted by molar-refractivity contribution is 1.84. The van der Waals surface area contributed by atoms with Gasteiger partial charge in [0, 0.05) is 10.8 Å². The normalized spacial score (nSPS) is 15.3. The summed E-state index contributed by atoms with van der Waals surface area (Å²) in [5, 5.41) is 2.14. The van der Waals surface area contributed by atoms with Gasteiger partial charge < -0.3 is 0 Å². The number of aryl methyl sites for hydroxylation is 1. The van der Waals surface area contributed by atoms with Crippen LogP contribution in [0.4, 0.5) is 0 Å². The van der Waals surface area contributed by atoms with E-state index >= 15 is 0 Å². The molecule has 0 aliphatic rings. The van der Waals surface area contributed by atoms with Crippen LogP contribution in [0.1, 0.15) is 4.11 Å². The van der Waals surface area contributed by atoms with Crippen molar-refractivity contribution < 1.29 is 4.11 Å². The molecule has 0 atom stereocenters. The highest BCUT2D eigenvalue weighted by molar-refractivity contribution is 7.41. The van der Waals surface area contributed by atoms with Gasteiger partial charge in [-0.05, 0) is 34.7 Å². The molecule has 0 amide bonds. The highest BCUT2D eigenvalue weighted by Gasteiger charge is 2.15. The van der Waals surface area contributed by atoms with Gasteiger partial charge in [0.25, 0.3) is 0 Å². The van der Waals surface area contributed by atoms with Gasteiger partial charge in [-0.1, -0.05) is 24.3 Å². The molecule has 3 rings (SSSR count). The maximum Gasteiger partial charge on any atom is 0.181 e. The van der Waals surface area contributed by atoms with Crippen molar-refractivity contribution in [3.05, 3.63) is 48.5 Å². The third-order valence-electron chi connectivity index (χ3n) is 2.50. The van der Waals surface area contributed by atoms with Gasteiger partial charge in [0.05, 0.1) is 4.11 Å². The molecule has 14 heavy (non-hydrogen) atoms. The Labute approximate surface area is 90.0 Å². The molecule has 0 fully saturated rings. The second-order valence-electron chi connectivity index (χ2n) is 3.30. The van der Waals surface area contributed by atoms with Gasteiger partial charge in [-0.15, -0.1) is 0 Å². The Balaban J connectivity index is 2.60. The lowest BCUT2D eigenvalue weighted by Gasteiger charge is -1.83. The SMILES string of the molecule is [2H]C([2H])([2H])[s+]1c2ccccc2c2ccccc21. The topological polar surface area (TPSA) is 0 Å². The van der Waals surface area contributed by atoms with Crippen LogP contribution < -0.4 is 0 Å². The van der Waals surface area contributed by atoms with Gasteiger partial charge in [-0.2, -0.15) is 0 Å². The molecule has 0 unspecified atom stereocenters. The molecule has 1 heteroatoms. The van der Waals surface area contributed by atoms with Crippen LogP contribution in [0.15, 0.2) is 48.5 Å². The van der Waals surface area contributed by atoms with E-state index in [2.05, 4.69) is 0 Å². The quantitative estimate of drug-likeness (QED) is 0.477. The van der Waals surface area contributed by atoms with Crippen LogP contribution in [0.3, 0.4) is 0 Å². The average Bonchev–Trinajstić information content (AvgIpc) is 2.63. The third kappa shape index (κ3) is 0.933. The van der Waals surface area contributed by atoms with Crippen molar-refractivity contribution in [3.63, 3.8) is 0 Å². The minimum absolute atomic E-state index is 0.794. The Kier molecular flexibility index (Phi) is 1.11. The van der Waals surface area contributed by atoms with E-state index < -0.39 is 16.7 Å². The molecular formula is C13H11S+. The fourth-order valence-corrected chi connectivity index (χ4v) is 3.31. The largest absolute Gasteiger partial charge is 0.181 e. The number of benzene rings is 2. The summed E-state index contributed by atoms with van der Waals surface area (Å²) in [6.07, 6.45) is -1.96. The molecule has 2 aromatic carbocycles. The molecule has 1 aromatic heterocycles. The van der Waals surface area contributed by atoms with Crippen molar-refractivity contribution in [3.8, 4) is 0 Å². The van der Waals surface area contributed by atoms with Gasteiger partial charge >= 0.3 is 0 Å². The number of rotatable bonds is 0. The second-order valence-corrected chi connectivity index (χ2v) is 4.79. The highest BCUT2D eigenvalue weighted by Crippen LogP contribution is 2.40. The Bertz CT molecular complexity index is 641. The first-order chi connectivity index (χ1) is 8.09. The standard InChI is InChI=1S/C13H11S/c1-14-12-8-4-2-6-10(12)11-7-3-5-9-13(11)14/h2-9H,1H3/q+1/i1D3. The summed E-state index contributed by atoms with van der Waals surface area (Å²) in [7, 11) is -0.794. The Morgan fingerprint density at radius 1 is 0.857 bits per heavy atom. The Hall–Kier alpha value is -1.34. The van der Waals surface area contributed by atoms with Crippen LogP contribution in [0, 0.1) is 0 Å². The zero-order valence-electron chi connectivity index (χ0n) is 10.5. The number of hydrogen-bond donors (Lipinski definition) is 0. The zero-order valence-corrected chi connectivity index (χ0v) is 8.34. The summed E-state index contributed by atoms with van der Waals surface area (Å²) in [5.74, 6) is 0. The lowest BCUT2D eigenvalue weighted by atomic mass is 10.2. The number of fused-ring (bicyclic) bond motifs is 3. The van der Waals surface area contributed by atoms with Crippen molar-refractivity contribution in [1.82, 2.24) is 0 Å². The molecule has 0 aliphatic heterocycles. The Morgan fingerprint density at radius 3 is 1.86 bits per heavy atom. The maximum absolute atomic E-state index is 7.74. The van der Waals surface area contributed by atoms with E-state index in [-0.39, 0.29) is 0 Å². The molecule has 0 radical (unpaired) electrons. The molecule has 68 valence electrons. The van der Waals surface area contributed by atoms with Crippen molar-refractivity contribution in [2.24, 2.45) is 6.18 Å². The van der Waals surface area contributed by atoms with E-state index in [0.29, 0.717) is 0 Å². The monoisotopic (exact) mass is 202 g/mol. The smallest absolute Gasteiger partial charge is 0.0612 e. The predicted molar refractivity (Wildman–Crippen MR) is 64.9 cm³/mol.